The third-order valence-corrected chi connectivity index (χ3v) is 4.08. The number of halogens is 1. The SMILES string of the molecule is CC(C)c1oc(-c2ccc(Cl)cc2O)nc1C=CC(=O)c1ccccc1. The molecule has 0 bridgehead atoms. The topological polar surface area (TPSA) is 63.3 Å². The van der Waals surface area contributed by atoms with Crippen molar-refractivity contribution < 1.29 is 14.3 Å². The minimum atomic E-state index is -0.112. The molecule has 0 saturated heterocycles. The van der Waals surface area contributed by atoms with Crippen LogP contribution in [0, 0.1) is 0 Å². The van der Waals surface area contributed by atoms with Gasteiger partial charge in [-0.15, -0.1) is 0 Å². The van der Waals surface area contributed by atoms with Gasteiger partial charge in [-0.1, -0.05) is 55.8 Å². The third-order valence-electron chi connectivity index (χ3n) is 3.85. The van der Waals surface area contributed by atoms with Crippen molar-refractivity contribution in [3.05, 3.63) is 76.6 Å². The van der Waals surface area contributed by atoms with E-state index in [0.29, 0.717) is 27.6 Å². The Labute approximate surface area is 156 Å². The third kappa shape index (κ3) is 3.86. The highest BCUT2D eigenvalue weighted by molar-refractivity contribution is 6.30. The van der Waals surface area contributed by atoms with Crippen molar-refractivity contribution in [3.63, 3.8) is 0 Å². The van der Waals surface area contributed by atoms with Crippen molar-refractivity contribution in [2.75, 3.05) is 0 Å². The number of hydrogen-bond donors (Lipinski definition) is 1. The summed E-state index contributed by atoms with van der Waals surface area (Å²) in [6.07, 6.45) is 3.12. The quantitative estimate of drug-likeness (QED) is 0.462. The standard InChI is InChI=1S/C21H18ClNO3/c1-13(2)20-17(10-11-18(24)14-6-4-3-5-7-14)23-21(26-20)16-9-8-15(22)12-19(16)25/h3-13,25H,1-2H3. The molecule has 1 aromatic heterocycles. The van der Waals surface area contributed by atoms with Crippen LogP contribution in [0.1, 0.15) is 41.6 Å². The number of carbonyl (C=O) groups is 1. The van der Waals surface area contributed by atoms with Gasteiger partial charge < -0.3 is 9.52 Å². The molecule has 0 aliphatic heterocycles. The summed E-state index contributed by atoms with van der Waals surface area (Å²) >= 11 is 5.87. The molecular weight excluding hydrogens is 350 g/mol. The van der Waals surface area contributed by atoms with Crippen LogP contribution >= 0.6 is 11.6 Å². The van der Waals surface area contributed by atoms with Crippen LogP contribution < -0.4 is 0 Å². The molecule has 0 aliphatic rings. The Morgan fingerprint density at radius 1 is 1.19 bits per heavy atom. The lowest BCUT2D eigenvalue weighted by Crippen LogP contribution is -1.94. The van der Waals surface area contributed by atoms with Crippen LogP contribution in [0.2, 0.25) is 5.02 Å². The van der Waals surface area contributed by atoms with Crippen molar-refractivity contribution in [1.82, 2.24) is 4.98 Å². The van der Waals surface area contributed by atoms with E-state index in [1.165, 1.54) is 12.1 Å². The number of phenolic OH excluding ortho intramolecular Hbond substituents is 1. The summed E-state index contributed by atoms with van der Waals surface area (Å²) in [7, 11) is 0. The zero-order valence-electron chi connectivity index (χ0n) is 14.4. The van der Waals surface area contributed by atoms with Gasteiger partial charge in [-0.05, 0) is 30.4 Å². The number of carbonyl (C=O) groups excluding carboxylic acids is 1. The largest absolute Gasteiger partial charge is 0.507 e. The summed E-state index contributed by atoms with van der Waals surface area (Å²) in [6, 6.07) is 13.8. The fraction of sp³-hybridized carbons (Fsp3) is 0.143. The summed E-state index contributed by atoms with van der Waals surface area (Å²) in [6.45, 7) is 3.95. The van der Waals surface area contributed by atoms with E-state index in [4.69, 9.17) is 16.0 Å². The second-order valence-corrected chi connectivity index (χ2v) is 6.58. The highest BCUT2D eigenvalue weighted by atomic mass is 35.5. The fourth-order valence-corrected chi connectivity index (χ4v) is 2.70. The number of aromatic hydroxyl groups is 1. The molecule has 0 fully saturated rings. The molecule has 0 atom stereocenters. The molecular formula is C21H18ClNO3. The summed E-state index contributed by atoms with van der Waals surface area (Å²) in [5.41, 5.74) is 1.62. The Bertz CT molecular complexity index is 959. The van der Waals surface area contributed by atoms with E-state index in [2.05, 4.69) is 4.98 Å². The Kier molecular flexibility index (Phi) is 5.24. The second kappa shape index (κ2) is 7.58. The van der Waals surface area contributed by atoms with Crippen LogP contribution in [0.25, 0.3) is 17.5 Å². The Morgan fingerprint density at radius 3 is 2.58 bits per heavy atom. The van der Waals surface area contributed by atoms with Crippen LogP contribution in [-0.2, 0) is 0 Å². The normalized spacial score (nSPS) is 11.4. The Balaban J connectivity index is 1.95. The zero-order chi connectivity index (χ0) is 18.7. The zero-order valence-corrected chi connectivity index (χ0v) is 15.2. The summed E-state index contributed by atoms with van der Waals surface area (Å²) in [5, 5.41) is 10.5. The molecule has 1 heterocycles. The lowest BCUT2D eigenvalue weighted by Gasteiger charge is -2.01. The van der Waals surface area contributed by atoms with Gasteiger partial charge in [0.2, 0.25) is 5.89 Å². The van der Waals surface area contributed by atoms with Gasteiger partial charge >= 0.3 is 0 Å². The van der Waals surface area contributed by atoms with Gasteiger partial charge in [0.15, 0.2) is 5.78 Å². The number of aromatic nitrogens is 1. The van der Waals surface area contributed by atoms with Crippen molar-refractivity contribution in [3.8, 4) is 17.2 Å². The second-order valence-electron chi connectivity index (χ2n) is 6.15. The number of phenols is 1. The predicted octanol–water partition coefficient (Wildman–Crippen LogP) is 5.72. The molecule has 3 aromatic rings. The first-order valence-electron chi connectivity index (χ1n) is 8.22. The van der Waals surface area contributed by atoms with Crippen molar-refractivity contribution in [2.45, 2.75) is 19.8 Å². The molecule has 0 aliphatic carbocycles. The molecule has 132 valence electrons. The first-order valence-corrected chi connectivity index (χ1v) is 8.60. The number of ketones is 1. The highest BCUT2D eigenvalue weighted by Crippen LogP contribution is 2.34. The van der Waals surface area contributed by atoms with Gasteiger partial charge in [0.25, 0.3) is 0 Å². The number of rotatable bonds is 5. The molecule has 4 nitrogen and oxygen atoms in total. The van der Waals surface area contributed by atoms with Gasteiger partial charge in [0, 0.05) is 16.5 Å². The van der Waals surface area contributed by atoms with E-state index >= 15 is 0 Å². The van der Waals surface area contributed by atoms with E-state index in [1.54, 1.807) is 30.3 Å². The maximum Gasteiger partial charge on any atom is 0.230 e. The first-order chi connectivity index (χ1) is 12.5. The van der Waals surface area contributed by atoms with E-state index in [1.807, 2.05) is 32.0 Å². The van der Waals surface area contributed by atoms with Crippen LogP contribution in [0.5, 0.6) is 5.75 Å². The first kappa shape index (κ1) is 18.0. The highest BCUT2D eigenvalue weighted by Gasteiger charge is 2.18. The van der Waals surface area contributed by atoms with Gasteiger partial charge in [-0.25, -0.2) is 4.98 Å². The summed E-state index contributed by atoms with van der Waals surface area (Å²) < 4.78 is 5.84. The molecule has 1 N–H and O–H groups in total. The predicted molar refractivity (Wildman–Crippen MR) is 103 cm³/mol. The van der Waals surface area contributed by atoms with Crippen molar-refractivity contribution in [1.29, 1.82) is 0 Å². The lowest BCUT2D eigenvalue weighted by atomic mass is 10.1. The molecule has 2 aromatic carbocycles. The van der Waals surface area contributed by atoms with E-state index in [-0.39, 0.29) is 23.3 Å². The molecule has 0 radical (unpaired) electrons. The summed E-state index contributed by atoms with van der Waals surface area (Å²) in [4.78, 5) is 16.7. The molecule has 0 spiro atoms. The van der Waals surface area contributed by atoms with Gasteiger partial charge in [0.05, 0.1) is 5.56 Å². The fourth-order valence-electron chi connectivity index (χ4n) is 2.53. The Hall–Kier alpha value is -2.85. The van der Waals surface area contributed by atoms with Gasteiger partial charge in [-0.3, -0.25) is 4.79 Å². The van der Waals surface area contributed by atoms with Crippen molar-refractivity contribution in [2.24, 2.45) is 0 Å². The summed E-state index contributed by atoms with van der Waals surface area (Å²) in [5.74, 6) is 0.877. The molecule has 0 saturated carbocycles. The number of benzene rings is 2. The number of oxazole rings is 1. The smallest absolute Gasteiger partial charge is 0.230 e. The van der Waals surface area contributed by atoms with Gasteiger partial charge in [-0.2, -0.15) is 0 Å². The van der Waals surface area contributed by atoms with E-state index in [9.17, 15) is 9.90 Å². The minimum absolute atomic E-state index is 0.00931. The number of nitrogens with zero attached hydrogens (tertiary/aromatic N) is 1. The molecule has 26 heavy (non-hydrogen) atoms. The minimum Gasteiger partial charge on any atom is -0.507 e. The van der Waals surface area contributed by atoms with E-state index < -0.39 is 0 Å². The van der Waals surface area contributed by atoms with Crippen LogP contribution in [0.4, 0.5) is 0 Å². The maximum atomic E-state index is 12.3. The average Bonchev–Trinajstić information content (AvgIpc) is 3.04. The average molecular weight is 368 g/mol. The lowest BCUT2D eigenvalue weighted by molar-refractivity contribution is 0.104. The Morgan fingerprint density at radius 2 is 1.92 bits per heavy atom. The molecule has 3 rings (SSSR count). The number of allylic oxidation sites excluding steroid dienone is 1. The van der Waals surface area contributed by atoms with Crippen molar-refractivity contribution >= 4 is 23.5 Å². The van der Waals surface area contributed by atoms with Crippen LogP contribution in [0.3, 0.4) is 0 Å². The van der Waals surface area contributed by atoms with E-state index in [0.717, 1.165) is 0 Å². The molecule has 5 heteroatoms. The number of hydrogen-bond acceptors (Lipinski definition) is 4. The molecule has 0 unspecified atom stereocenters. The maximum absolute atomic E-state index is 12.3. The van der Waals surface area contributed by atoms with Crippen LogP contribution in [-0.4, -0.2) is 15.9 Å². The van der Waals surface area contributed by atoms with Gasteiger partial charge in [0.1, 0.15) is 17.2 Å². The molecule has 0 amide bonds. The van der Waals surface area contributed by atoms with Crippen LogP contribution in [0.15, 0.2) is 59.0 Å². The monoisotopic (exact) mass is 367 g/mol.